The van der Waals surface area contributed by atoms with Crippen molar-refractivity contribution in [3.05, 3.63) is 23.8 Å². The van der Waals surface area contributed by atoms with Crippen molar-refractivity contribution in [3.63, 3.8) is 0 Å². The van der Waals surface area contributed by atoms with Crippen molar-refractivity contribution >= 4 is 5.97 Å². The summed E-state index contributed by atoms with van der Waals surface area (Å²) in [6.07, 6.45) is 0.952. The molecule has 0 atom stereocenters. The highest BCUT2D eigenvalue weighted by molar-refractivity contribution is 5.71. The molecule has 0 saturated carbocycles. The van der Waals surface area contributed by atoms with Gasteiger partial charge in [0.2, 0.25) is 0 Å². The largest absolute Gasteiger partial charge is 0.493 e. The van der Waals surface area contributed by atoms with Crippen molar-refractivity contribution in [1.29, 1.82) is 0 Å². The van der Waals surface area contributed by atoms with Gasteiger partial charge < -0.3 is 14.2 Å². The highest BCUT2D eigenvalue weighted by Crippen LogP contribution is 2.27. The van der Waals surface area contributed by atoms with Gasteiger partial charge in [0.1, 0.15) is 11.5 Å². The van der Waals surface area contributed by atoms with Crippen molar-refractivity contribution in [1.82, 2.24) is 0 Å². The van der Waals surface area contributed by atoms with Crippen molar-refractivity contribution in [2.75, 3.05) is 19.8 Å². The Bertz CT molecular complexity index is 387. The average Bonchev–Trinajstić information content (AvgIpc) is 2.36. The molecule has 0 aliphatic carbocycles. The first kappa shape index (κ1) is 14.4. The molecular weight excluding hydrogens is 232 g/mol. The predicted octanol–water partition coefficient (Wildman–Crippen LogP) is 2.73. The van der Waals surface area contributed by atoms with E-state index < -0.39 is 0 Å². The zero-order valence-electron chi connectivity index (χ0n) is 11.2. The Labute approximate surface area is 108 Å². The molecule has 18 heavy (non-hydrogen) atoms. The highest BCUT2D eigenvalue weighted by Gasteiger charge is 2.08. The second kappa shape index (κ2) is 7.58. The van der Waals surface area contributed by atoms with Crippen LogP contribution in [-0.4, -0.2) is 25.8 Å². The maximum Gasteiger partial charge on any atom is 0.344 e. The van der Waals surface area contributed by atoms with Crippen LogP contribution in [0.1, 0.15) is 25.8 Å². The summed E-state index contributed by atoms with van der Waals surface area (Å²) in [5, 5.41) is 0. The van der Waals surface area contributed by atoms with E-state index >= 15 is 0 Å². The zero-order chi connectivity index (χ0) is 13.4. The molecule has 0 fully saturated rings. The van der Waals surface area contributed by atoms with Gasteiger partial charge in [0, 0.05) is 5.56 Å². The fraction of sp³-hybridized carbons (Fsp3) is 0.500. The quantitative estimate of drug-likeness (QED) is 0.700. The molecule has 0 heterocycles. The summed E-state index contributed by atoms with van der Waals surface area (Å²) >= 11 is 0. The lowest BCUT2D eigenvalue weighted by molar-refractivity contribution is -0.145. The van der Waals surface area contributed by atoms with Crippen LogP contribution < -0.4 is 9.47 Å². The number of carbonyl (C=O) groups is 1. The lowest BCUT2D eigenvalue weighted by atomic mass is 10.2. The summed E-state index contributed by atoms with van der Waals surface area (Å²) in [6, 6.07) is 5.55. The number of benzene rings is 1. The molecule has 0 unspecified atom stereocenters. The first-order valence-electron chi connectivity index (χ1n) is 6.19. The molecule has 0 spiro atoms. The van der Waals surface area contributed by atoms with Gasteiger partial charge in [-0.2, -0.15) is 0 Å². The molecule has 1 aromatic carbocycles. The monoisotopic (exact) mass is 252 g/mol. The predicted molar refractivity (Wildman–Crippen MR) is 69.1 cm³/mol. The molecule has 0 amide bonds. The molecule has 4 heteroatoms. The van der Waals surface area contributed by atoms with E-state index in [4.69, 9.17) is 14.2 Å². The van der Waals surface area contributed by atoms with Crippen molar-refractivity contribution in [3.8, 4) is 11.5 Å². The Kier molecular flexibility index (Phi) is 6.05. The Morgan fingerprint density at radius 1 is 1.17 bits per heavy atom. The van der Waals surface area contributed by atoms with Crippen molar-refractivity contribution < 1.29 is 19.0 Å². The van der Waals surface area contributed by atoms with Crippen LogP contribution in [0.3, 0.4) is 0 Å². The van der Waals surface area contributed by atoms with Gasteiger partial charge in [-0.1, -0.05) is 13.0 Å². The van der Waals surface area contributed by atoms with Gasteiger partial charge >= 0.3 is 5.97 Å². The van der Waals surface area contributed by atoms with E-state index in [0.29, 0.717) is 19.0 Å². The minimum atomic E-state index is -0.364. The highest BCUT2D eigenvalue weighted by atomic mass is 16.6. The third kappa shape index (κ3) is 4.28. The summed E-state index contributed by atoms with van der Waals surface area (Å²) in [4.78, 5) is 11.2. The standard InChI is InChI=1S/C14H20O4/c1-4-9-17-12-7-6-8-13(11(12)3)18-10-14(15)16-5-2/h6-8H,4-5,9-10H2,1-3H3. The van der Waals surface area contributed by atoms with Gasteiger partial charge in [0.25, 0.3) is 0 Å². The van der Waals surface area contributed by atoms with Crippen LogP contribution in [0.25, 0.3) is 0 Å². The Morgan fingerprint density at radius 2 is 1.83 bits per heavy atom. The average molecular weight is 252 g/mol. The molecule has 0 bridgehead atoms. The zero-order valence-corrected chi connectivity index (χ0v) is 11.2. The fourth-order valence-electron chi connectivity index (χ4n) is 1.46. The Morgan fingerprint density at radius 3 is 2.44 bits per heavy atom. The Balaban J connectivity index is 2.62. The topological polar surface area (TPSA) is 44.8 Å². The first-order chi connectivity index (χ1) is 8.69. The lowest BCUT2D eigenvalue weighted by Gasteiger charge is -2.12. The molecule has 0 aliphatic rings. The lowest BCUT2D eigenvalue weighted by Crippen LogP contribution is -2.15. The third-order valence-electron chi connectivity index (χ3n) is 2.35. The molecule has 0 radical (unpaired) electrons. The second-order valence-electron chi connectivity index (χ2n) is 3.82. The Hall–Kier alpha value is -1.71. The van der Waals surface area contributed by atoms with Gasteiger partial charge in [-0.25, -0.2) is 4.79 Å². The molecule has 4 nitrogen and oxygen atoms in total. The number of rotatable bonds is 7. The van der Waals surface area contributed by atoms with Gasteiger partial charge in [-0.05, 0) is 32.4 Å². The van der Waals surface area contributed by atoms with E-state index in [1.54, 1.807) is 6.92 Å². The number of hydrogen-bond donors (Lipinski definition) is 0. The number of hydrogen-bond acceptors (Lipinski definition) is 4. The van der Waals surface area contributed by atoms with Crippen molar-refractivity contribution in [2.45, 2.75) is 27.2 Å². The molecule has 100 valence electrons. The minimum absolute atomic E-state index is 0.0775. The maximum absolute atomic E-state index is 11.2. The van der Waals surface area contributed by atoms with E-state index in [1.165, 1.54) is 0 Å². The van der Waals surface area contributed by atoms with Gasteiger partial charge in [0.05, 0.1) is 13.2 Å². The second-order valence-corrected chi connectivity index (χ2v) is 3.82. The molecule has 0 N–H and O–H groups in total. The molecular formula is C14H20O4. The van der Waals surface area contributed by atoms with Crippen LogP contribution in [0, 0.1) is 6.92 Å². The van der Waals surface area contributed by atoms with Crippen LogP contribution in [0.4, 0.5) is 0 Å². The van der Waals surface area contributed by atoms with Crippen molar-refractivity contribution in [2.24, 2.45) is 0 Å². The molecule has 0 aromatic heterocycles. The van der Waals surface area contributed by atoms with Gasteiger partial charge in [0.15, 0.2) is 6.61 Å². The van der Waals surface area contributed by atoms with E-state index in [1.807, 2.05) is 25.1 Å². The fourth-order valence-corrected chi connectivity index (χ4v) is 1.46. The normalized spacial score (nSPS) is 9.94. The summed E-state index contributed by atoms with van der Waals surface area (Å²) in [5.74, 6) is 1.08. The van der Waals surface area contributed by atoms with Crippen LogP contribution in [0.2, 0.25) is 0 Å². The third-order valence-corrected chi connectivity index (χ3v) is 2.35. The molecule has 1 aromatic rings. The van der Waals surface area contributed by atoms with Gasteiger partial charge in [-0.15, -0.1) is 0 Å². The van der Waals surface area contributed by atoms with E-state index in [0.717, 1.165) is 17.7 Å². The first-order valence-corrected chi connectivity index (χ1v) is 6.19. The maximum atomic E-state index is 11.2. The number of esters is 1. The summed E-state index contributed by atoms with van der Waals surface area (Å²) in [6.45, 7) is 6.68. The van der Waals surface area contributed by atoms with Crippen LogP contribution in [0.15, 0.2) is 18.2 Å². The molecule has 0 saturated heterocycles. The SMILES string of the molecule is CCCOc1cccc(OCC(=O)OCC)c1C. The number of ether oxygens (including phenoxy) is 3. The van der Waals surface area contributed by atoms with Gasteiger partial charge in [-0.3, -0.25) is 0 Å². The smallest absolute Gasteiger partial charge is 0.344 e. The molecule has 0 aliphatic heterocycles. The van der Waals surface area contributed by atoms with E-state index in [9.17, 15) is 4.79 Å². The van der Waals surface area contributed by atoms with Crippen LogP contribution in [0.5, 0.6) is 11.5 Å². The summed E-state index contributed by atoms with van der Waals surface area (Å²) < 4.78 is 15.8. The minimum Gasteiger partial charge on any atom is -0.493 e. The van der Waals surface area contributed by atoms with Crippen LogP contribution in [-0.2, 0) is 9.53 Å². The summed E-state index contributed by atoms with van der Waals surface area (Å²) in [5.41, 5.74) is 0.898. The van der Waals surface area contributed by atoms with Crippen LogP contribution >= 0.6 is 0 Å². The summed E-state index contributed by atoms with van der Waals surface area (Å²) in [7, 11) is 0. The number of carbonyl (C=O) groups excluding carboxylic acids is 1. The van der Waals surface area contributed by atoms with E-state index in [-0.39, 0.29) is 12.6 Å². The van der Waals surface area contributed by atoms with E-state index in [2.05, 4.69) is 6.92 Å². The molecule has 1 rings (SSSR count).